The molecule has 0 saturated carbocycles. The van der Waals surface area contributed by atoms with Gasteiger partial charge in [-0.3, -0.25) is 0 Å². The van der Waals surface area contributed by atoms with Crippen molar-refractivity contribution in [1.82, 2.24) is 4.57 Å². The molecule has 0 bridgehead atoms. The van der Waals surface area contributed by atoms with Crippen molar-refractivity contribution in [3.8, 4) is 11.8 Å². The number of hydrogen-bond donors (Lipinski definition) is 0. The summed E-state index contributed by atoms with van der Waals surface area (Å²) < 4.78 is 3.97. The average molecular weight is 239 g/mol. The van der Waals surface area contributed by atoms with E-state index in [1.807, 2.05) is 40.4 Å². The molecule has 0 saturated heterocycles. The van der Waals surface area contributed by atoms with Crippen molar-refractivity contribution in [3.05, 3.63) is 48.0 Å². The molecule has 0 amide bonds. The Morgan fingerprint density at radius 2 is 1.83 bits per heavy atom. The maximum atomic E-state index is 8.79. The smallest absolute Gasteiger partial charge is 0.243 e. The molecule has 92 valence electrons. The highest BCUT2D eigenvalue weighted by molar-refractivity contribution is 5.39. The predicted molar refractivity (Wildman–Crippen MR) is 69.2 cm³/mol. The zero-order valence-corrected chi connectivity index (χ0v) is 11.2. The molecule has 0 aliphatic carbocycles. The Kier molecular flexibility index (Phi) is 2.96. The molecule has 3 nitrogen and oxygen atoms in total. The summed E-state index contributed by atoms with van der Waals surface area (Å²) in [5, 5.41) is 8.79. The second-order valence-corrected chi connectivity index (χ2v) is 5.45. The van der Waals surface area contributed by atoms with Crippen LogP contribution in [0.2, 0.25) is 0 Å². The second kappa shape index (κ2) is 4.30. The molecule has 0 atom stereocenters. The quantitative estimate of drug-likeness (QED) is 0.555. The van der Waals surface area contributed by atoms with E-state index in [4.69, 9.17) is 5.26 Å². The standard InChI is InChI=1S/C15H17N3/c1-15(2,3)14-10-18(11-17(14)4)13-7-5-12(9-16)6-8-13/h5-8,10H,1-4H3. The Balaban J connectivity index is 2.43. The van der Waals surface area contributed by atoms with Crippen molar-refractivity contribution in [2.75, 3.05) is 0 Å². The lowest BCUT2D eigenvalue weighted by molar-refractivity contribution is -0.685. The third-order valence-electron chi connectivity index (χ3n) is 2.91. The highest BCUT2D eigenvalue weighted by Crippen LogP contribution is 2.19. The third kappa shape index (κ3) is 2.28. The summed E-state index contributed by atoms with van der Waals surface area (Å²) in [6, 6.07) is 9.62. The van der Waals surface area contributed by atoms with Crippen molar-refractivity contribution >= 4 is 0 Å². The Bertz CT molecular complexity index is 592. The first-order valence-electron chi connectivity index (χ1n) is 5.93. The van der Waals surface area contributed by atoms with Gasteiger partial charge in [0.25, 0.3) is 0 Å². The van der Waals surface area contributed by atoms with Crippen molar-refractivity contribution in [2.24, 2.45) is 7.05 Å². The number of aryl methyl sites for hydroxylation is 1. The van der Waals surface area contributed by atoms with Crippen molar-refractivity contribution < 1.29 is 4.57 Å². The second-order valence-electron chi connectivity index (χ2n) is 5.45. The monoisotopic (exact) mass is 239 g/mol. The highest BCUT2D eigenvalue weighted by atomic mass is 15.1. The number of imidazole rings is 1. The summed E-state index contributed by atoms with van der Waals surface area (Å²) in [7, 11) is 2.00. The molecule has 1 heterocycles. The lowest BCUT2D eigenvalue weighted by Crippen LogP contribution is -2.36. The summed E-state index contributed by atoms with van der Waals surface area (Å²) >= 11 is 0. The molecule has 0 spiro atoms. The van der Waals surface area contributed by atoms with Crippen molar-refractivity contribution in [1.29, 1.82) is 5.26 Å². The van der Waals surface area contributed by atoms with Gasteiger partial charge in [0, 0.05) is 11.9 Å². The summed E-state index contributed by atoms with van der Waals surface area (Å²) in [6.07, 6.45) is 5.34. The Morgan fingerprint density at radius 1 is 1.22 bits per heavy atom. The van der Waals surface area contributed by atoms with Crippen LogP contribution in [0.15, 0.2) is 30.5 Å². The van der Waals surface area contributed by atoms with Gasteiger partial charge in [-0.25, -0.2) is 0 Å². The van der Waals surface area contributed by atoms with Crippen LogP contribution in [-0.4, -0.2) is 4.57 Å². The van der Waals surface area contributed by atoms with E-state index in [0.717, 1.165) is 5.69 Å². The van der Waals surface area contributed by atoms with Crippen LogP contribution in [-0.2, 0) is 12.5 Å². The normalized spacial score (nSPS) is 11.3. The molecule has 1 aromatic carbocycles. The SMILES string of the molecule is C[n+]1[c-]n(-c2ccc(C#N)cc2)cc1C(C)(C)C. The molecule has 0 fully saturated rings. The van der Waals surface area contributed by atoms with Crippen LogP contribution in [0.3, 0.4) is 0 Å². The Hall–Kier alpha value is -2.08. The first-order valence-corrected chi connectivity index (χ1v) is 5.93. The molecule has 2 aromatic rings. The van der Waals surface area contributed by atoms with E-state index in [1.54, 1.807) is 0 Å². The van der Waals surface area contributed by atoms with E-state index in [1.165, 1.54) is 5.69 Å². The van der Waals surface area contributed by atoms with Gasteiger partial charge in [0.1, 0.15) is 0 Å². The number of hydrogen-bond acceptors (Lipinski definition) is 1. The Labute approximate surface area is 108 Å². The molecule has 3 heteroatoms. The van der Waals surface area contributed by atoms with E-state index in [-0.39, 0.29) is 5.41 Å². The number of nitriles is 1. The topological polar surface area (TPSA) is 32.6 Å². The van der Waals surface area contributed by atoms with Crippen LogP contribution in [0, 0.1) is 17.7 Å². The van der Waals surface area contributed by atoms with E-state index in [9.17, 15) is 0 Å². The van der Waals surface area contributed by atoms with Gasteiger partial charge in [0.05, 0.1) is 24.4 Å². The minimum absolute atomic E-state index is 0.0864. The lowest BCUT2D eigenvalue weighted by atomic mass is 9.93. The molecule has 18 heavy (non-hydrogen) atoms. The van der Waals surface area contributed by atoms with E-state index in [2.05, 4.69) is 39.4 Å². The summed E-state index contributed by atoms with van der Waals surface area (Å²) in [5.74, 6) is 0. The number of aromatic nitrogens is 2. The molecule has 2 rings (SSSR count). The first-order chi connectivity index (χ1) is 8.41. The van der Waals surface area contributed by atoms with Crippen LogP contribution in [0.25, 0.3) is 5.69 Å². The van der Waals surface area contributed by atoms with Crippen molar-refractivity contribution in [3.63, 3.8) is 0 Å². The number of benzene rings is 1. The number of rotatable bonds is 1. The van der Waals surface area contributed by atoms with Gasteiger partial charge in [0.15, 0.2) is 0 Å². The molecule has 0 unspecified atom stereocenters. The van der Waals surface area contributed by atoms with E-state index < -0.39 is 0 Å². The van der Waals surface area contributed by atoms with Crippen LogP contribution >= 0.6 is 0 Å². The molecular weight excluding hydrogens is 222 g/mol. The largest absolute Gasteiger partial charge is 0.326 e. The predicted octanol–water partition coefficient (Wildman–Crippen LogP) is 2.27. The van der Waals surface area contributed by atoms with Gasteiger partial charge in [-0.2, -0.15) is 5.26 Å². The number of nitrogens with zero attached hydrogens (tertiary/aromatic N) is 3. The Morgan fingerprint density at radius 3 is 2.28 bits per heavy atom. The maximum Gasteiger partial charge on any atom is 0.243 e. The molecule has 0 aliphatic heterocycles. The lowest BCUT2D eigenvalue weighted by Gasteiger charge is -2.19. The molecule has 0 N–H and O–H groups in total. The fraction of sp³-hybridized carbons (Fsp3) is 0.333. The zero-order chi connectivity index (χ0) is 13.3. The van der Waals surface area contributed by atoms with Crippen LogP contribution in [0.4, 0.5) is 0 Å². The van der Waals surface area contributed by atoms with Gasteiger partial charge >= 0.3 is 0 Å². The van der Waals surface area contributed by atoms with Gasteiger partial charge in [-0.1, -0.05) is 32.9 Å². The van der Waals surface area contributed by atoms with Crippen LogP contribution in [0.5, 0.6) is 0 Å². The molecule has 0 radical (unpaired) electrons. The highest BCUT2D eigenvalue weighted by Gasteiger charge is 2.17. The minimum atomic E-state index is 0.0864. The summed E-state index contributed by atoms with van der Waals surface area (Å²) in [5.41, 5.74) is 2.99. The average Bonchev–Trinajstić information content (AvgIpc) is 2.71. The van der Waals surface area contributed by atoms with Gasteiger partial charge in [0.2, 0.25) is 6.33 Å². The van der Waals surface area contributed by atoms with Crippen molar-refractivity contribution in [2.45, 2.75) is 26.2 Å². The summed E-state index contributed by atoms with van der Waals surface area (Å²) in [4.78, 5) is 0. The van der Waals surface area contributed by atoms with Gasteiger partial charge in [-0.15, -0.1) is 0 Å². The molecular formula is C15H17N3. The first kappa shape index (κ1) is 12.4. The van der Waals surface area contributed by atoms with Crippen LogP contribution < -0.4 is 4.57 Å². The van der Waals surface area contributed by atoms with Gasteiger partial charge < -0.3 is 9.13 Å². The third-order valence-corrected chi connectivity index (χ3v) is 2.91. The molecule has 1 aromatic heterocycles. The van der Waals surface area contributed by atoms with Crippen LogP contribution in [0.1, 0.15) is 32.0 Å². The zero-order valence-electron chi connectivity index (χ0n) is 11.2. The fourth-order valence-electron chi connectivity index (χ4n) is 1.98. The minimum Gasteiger partial charge on any atom is -0.326 e. The van der Waals surface area contributed by atoms with E-state index >= 15 is 0 Å². The maximum absolute atomic E-state index is 8.79. The molecule has 0 aliphatic rings. The summed E-state index contributed by atoms with van der Waals surface area (Å²) in [6.45, 7) is 6.54. The van der Waals surface area contributed by atoms with Gasteiger partial charge in [-0.05, 0) is 17.5 Å². The van der Waals surface area contributed by atoms with E-state index in [0.29, 0.717) is 5.56 Å². The fourth-order valence-corrected chi connectivity index (χ4v) is 1.98.